The standard InChI is InChI=1S/C22H27N3O2/c1-16-15-21(20-5-3-4-6-22(20)25(16)17(2)26)23-18-7-9-19(10-8-18)24-11-13-27-14-12-24/h3-10,16,21,23H,11-15H2,1-2H3/t16-,21+/m0/s1. The molecule has 0 aromatic heterocycles. The fourth-order valence-electron chi connectivity index (χ4n) is 4.22. The Hall–Kier alpha value is -2.53. The van der Waals surface area contributed by atoms with Crippen molar-refractivity contribution in [2.45, 2.75) is 32.4 Å². The van der Waals surface area contributed by atoms with Gasteiger partial charge in [0.25, 0.3) is 0 Å². The molecule has 27 heavy (non-hydrogen) atoms. The van der Waals surface area contributed by atoms with Gasteiger partial charge in [0, 0.05) is 43.1 Å². The van der Waals surface area contributed by atoms with Crippen molar-refractivity contribution in [2.75, 3.05) is 41.4 Å². The number of hydrogen-bond acceptors (Lipinski definition) is 4. The second-order valence-electron chi connectivity index (χ2n) is 7.38. The molecule has 1 N–H and O–H groups in total. The number of anilines is 3. The summed E-state index contributed by atoms with van der Waals surface area (Å²) >= 11 is 0. The molecule has 1 amide bonds. The number of carbonyl (C=O) groups is 1. The highest BCUT2D eigenvalue weighted by Crippen LogP contribution is 2.39. The smallest absolute Gasteiger partial charge is 0.224 e. The largest absolute Gasteiger partial charge is 0.378 e. The van der Waals surface area contributed by atoms with Crippen molar-refractivity contribution in [1.82, 2.24) is 0 Å². The molecular weight excluding hydrogens is 338 g/mol. The molecule has 2 aliphatic rings. The second kappa shape index (κ2) is 7.61. The second-order valence-corrected chi connectivity index (χ2v) is 7.38. The van der Waals surface area contributed by atoms with Crippen LogP contribution in [0.15, 0.2) is 48.5 Å². The van der Waals surface area contributed by atoms with E-state index in [2.05, 4.69) is 47.5 Å². The number of benzene rings is 2. The van der Waals surface area contributed by atoms with Crippen molar-refractivity contribution in [3.05, 3.63) is 54.1 Å². The fraction of sp³-hybridized carbons (Fsp3) is 0.409. The maximum Gasteiger partial charge on any atom is 0.224 e. The molecule has 2 atom stereocenters. The molecule has 5 nitrogen and oxygen atoms in total. The van der Waals surface area contributed by atoms with Gasteiger partial charge in [-0.3, -0.25) is 4.79 Å². The summed E-state index contributed by atoms with van der Waals surface area (Å²) in [6.45, 7) is 7.24. The number of fused-ring (bicyclic) bond motifs is 1. The minimum Gasteiger partial charge on any atom is -0.378 e. The molecule has 0 radical (unpaired) electrons. The third-order valence-corrected chi connectivity index (χ3v) is 5.51. The summed E-state index contributed by atoms with van der Waals surface area (Å²) < 4.78 is 5.43. The molecule has 2 aliphatic heterocycles. The van der Waals surface area contributed by atoms with E-state index >= 15 is 0 Å². The SMILES string of the molecule is CC(=O)N1c2ccccc2[C@H](Nc2ccc(N3CCOCC3)cc2)C[C@@H]1C. The zero-order valence-electron chi connectivity index (χ0n) is 16.0. The Morgan fingerprint density at radius 1 is 1.07 bits per heavy atom. The van der Waals surface area contributed by atoms with Crippen molar-refractivity contribution in [2.24, 2.45) is 0 Å². The average Bonchev–Trinajstić information content (AvgIpc) is 2.69. The van der Waals surface area contributed by atoms with Gasteiger partial charge in [-0.1, -0.05) is 18.2 Å². The van der Waals surface area contributed by atoms with Crippen LogP contribution >= 0.6 is 0 Å². The molecule has 2 aromatic rings. The lowest BCUT2D eigenvalue weighted by Crippen LogP contribution is -2.43. The van der Waals surface area contributed by atoms with Crippen LogP contribution in [0, 0.1) is 0 Å². The van der Waals surface area contributed by atoms with Gasteiger partial charge in [-0.25, -0.2) is 0 Å². The molecular formula is C22H27N3O2. The van der Waals surface area contributed by atoms with E-state index in [0.29, 0.717) is 0 Å². The predicted molar refractivity (Wildman–Crippen MR) is 110 cm³/mol. The van der Waals surface area contributed by atoms with Crippen LogP contribution in [-0.2, 0) is 9.53 Å². The van der Waals surface area contributed by atoms with E-state index in [9.17, 15) is 4.79 Å². The van der Waals surface area contributed by atoms with Crippen molar-refractivity contribution in [1.29, 1.82) is 0 Å². The number of rotatable bonds is 3. The maximum atomic E-state index is 12.1. The first-order chi connectivity index (χ1) is 13.1. The lowest BCUT2D eigenvalue weighted by atomic mass is 9.91. The Bertz CT molecular complexity index is 799. The average molecular weight is 365 g/mol. The van der Waals surface area contributed by atoms with Gasteiger partial charge >= 0.3 is 0 Å². The highest BCUT2D eigenvalue weighted by molar-refractivity contribution is 5.93. The van der Waals surface area contributed by atoms with Crippen LogP contribution in [0.5, 0.6) is 0 Å². The number of ether oxygens (including phenoxy) is 1. The summed E-state index contributed by atoms with van der Waals surface area (Å²) in [6, 6.07) is 17.2. The van der Waals surface area contributed by atoms with Crippen LogP contribution in [0.3, 0.4) is 0 Å². The summed E-state index contributed by atoms with van der Waals surface area (Å²) in [7, 11) is 0. The third kappa shape index (κ3) is 3.65. The van der Waals surface area contributed by atoms with Crippen LogP contribution in [0.2, 0.25) is 0 Å². The van der Waals surface area contributed by atoms with Crippen LogP contribution in [0.4, 0.5) is 17.1 Å². The summed E-state index contributed by atoms with van der Waals surface area (Å²) in [5, 5.41) is 3.68. The number of carbonyl (C=O) groups excluding carboxylic acids is 1. The van der Waals surface area contributed by atoms with Crippen molar-refractivity contribution >= 4 is 23.0 Å². The molecule has 0 spiro atoms. The Labute approximate surface area is 160 Å². The third-order valence-electron chi connectivity index (χ3n) is 5.51. The molecule has 0 saturated carbocycles. The van der Waals surface area contributed by atoms with Gasteiger partial charge in [-0.15, -0.1) is 0 Å². The minimum atomic E-state index is 0.100. The Balaban J connectivity index is 1.53. The van der Waals surface area contributed by atoms with Crippen molar-refractivity contribution < 1.29 is 9.53 Å². The molecule has 0 aliphatic carbocycles. The Kier molecular flexibility index (Phi) is 5.03. The van der Waals surface area contributed by atoms with Crippen LogP contribution in [0.25, 0.3) is 0 Å². The highest BCUT2D eigenvalue weighted by Gasteiger charge is 2.32. The first-order valence-electron chi connectivity index (χ1n) is 9.71. The fourth-order valence-corrected chi connectivity index (χ4v) is 4.22. The number of para-hydroxylation sites is 1. The predicted octanol–water partition coefficient (Wildman–Crippen LogP) is 3.82. The maximum absolute atomic E-state index is 12.1. The lowest BCUT2D eigenvalue weighted by Gasteiger charge is -2.39. The molecule has 0 bridgehead atoms. The molecule has 1 fully saturated rings. The summed E-state index contributed by atoms with van der Waals surface area (Å²) in [6.07, 6.45) is 0.891. The summed E-state index contributed by atoms with van der Waals surface area (Å²) in [5.41, 5.74) is 4.55. The number of amides is 1. The van der Waals surface area contributed by atoms with E-state index in [1.54, 1.807) is 6.92 Å². The Morgan fingerprint density at radius 3 is 2.48 bits per heavy atom. The monoisotopic (exact) mass is 365 g/mol. The van der Waals surface area contributed by atoms with E-state index in [4.69, 9.17) is 4.74 Å². The number of morpholine rings is 1. The minimum absolute atomic E-state index is 0.100. The van der Waals surface area contributed by atoms with Crippen LogP contribution in [0.1, 0.15) is 31.9 Å². The molecule has 1 saturated heterocycles. The van der Waals surface area contributed by atoms with E-state index in [1.165, 1.54) is 11.3 Å². The quantitative estimate of drug-likeness (QED) is 0.898. The summed E-state index contributed by atoms with van der Waals surface area (Å²) in [4.78, 5) is 16.4. The van der Waals surface area contributed by atoms with E-state index < -0.39 is 0 Å². The first-order valence-corrected chi connectivity index (χ1v) is 9.71. The van der Waals surface area contributed by atoms with Crippen LogP contribution < -0.4 is 15.1 Å². The summed E-state index contributed by atoms with van der Waals surface area (Å²) in [5.74, 6) is 0.100. The van der Waals surface area contributed by atoms with Gasteiger partial charge in [0.15, 0.2) is 0 Å². The normalized spacial score (nSPS) is 22.3. The van der Waals surface area contributed by atoms with Gasteiger partial charge in [0.05, 0.1) is 19.3 Å². The first kappa shape index (κ1) is 17.9. The van der Waals surface area contributed by atoms with Gasteiger partial charge in [-0.05, 0) is 49.2 Å². The molecule has 2 heterocycles. The van der Waals surface area contributed by atoms with Crippen molar-refractivity contribution in [3.63, 3.8) is 0 Å². The molecule has 2 aromatic carbocycles. The van der Waals surface area contributed by atoms with Crippen molar-refractivity contribution in [3.8, 4) is 0 Å². The molecule has 0 unspecified atom stereocenters. The number of nitrogens with one attached hydrogen (secondary N) is 1. The van der Waals surface area contributed by atoms with Gasteiger partial charge in [0.2, 0.25) is 5.91 Å². The van der Waals surface area contributed by atoms with Crippen LogP contribution in [-0.4, -0.2) is 38.3 Å². The Morgan fingerprint density at radius 2 is 1.78 bits per heavy atom. The van der Waals surface area contributed by atoms with Gasteiger partial charge in [0.1, 0.15) is 0 Å². The number of nitrogens with zero attached hydrogens (tertiary/aromatic N) is 2. The topological polar surface area (TPSA) is 44.8 Å². The molecule has 4 rings (SSSR count). The number of hydrogen-bond donors (Lipinski definition) is 1. The highest BCUT2D eigenvalue weighted by atomic mass is 16.5. The van der Waals surface area contributed by atoms with Gasteiger partial charge < -0.3 is 19.9 Å². The van der Waals surface area contributed by atoms with E-state index in [0.717, 1.165) is 44.1 Å². The zero-order valence-corrected chi connectivity index (χ0v) is 16.0. The lowest BCUT2D eigenvalue weighted by molar-refractivity contribution is -0.117. The molecule has 5 heteroatoms. The molecule has 142 valence electrons. The zero-order chi connectivity index (χ0) is 18.8. The van der Waals surface area contributed by atoms with E-state index in [1.807, 2.05) is 23.1 Å². The van der Waals surface area contributed by atoms with E-state index in [-0.39, 0.29) is 18.0 Å². The van der Waals surface area contributed by atoms with Gasteiger partial charge in [-0.2, -0.15) is 0 Å².